The van der Waals surface area contributed by atoms with Crippen molar-refractivity contribution in [2.45, 2.75) is 37.8 Å². The minimum absolute atomic E-state index is 0.0371. The second-order valence-corrected chi connectivity index (χ2v) is 8.54. The van der Waals surface area contributed by atoms with E-state index in [-0.39, 0.29) is 30.0 Å². The molecule has 30 heavy (non-hydrogen) atoms. The number of nitrogens with one attached hydrogen (secondary N) is 1. The van der Waals surface area contributed by atoms with Gasteiger partial charge in [-0.1, -0.05) is 30.3 Å². The van der Waals surface area contributed by atoms with Crippen LogP contribution in [-0.2, 0) is 6.42 Å². The molecule has 2 saturated heterocycles. The molecule has 0 unspecified atom stereocenters. The van der Waals surface area contributed by atoms with Crippen molar-refractivity contribution in [3.8, 4) is 11.3 Å². The molecule has 2 aliphatic rings. The van der Waals surface area contributed by atoms with Crippen molar-refractivity contribution in [2.75, 3.05) is 6.61 Å². The predicted octanol–water partition coefficient (Wildman–Crippen LogP) is 3.81. The van der Waals surface area contributed by atoms with Crippen LogP contribution >= 0.6 is 0 Å². The highest BCUT2D eigenvalue weighted by molar-refractivity contribution is 5.96. The number of aromatic nitrogens is 2. The fraction of sp³-hybridized carbons (Fsp3) is 0.333. The first-order valence-electron chi connectivity index (χ1n) is 10.4. The van der Waals surface area contributed by atoms with E-state index < -0.39 is 5.82 Å². The number of benzene rings is 2. The summed E-state index contributed by atoms with van der Waals surface area (Å²) < 4.78 is 14.3. The smallest absolute Gasteiger partial charge is 0.254 e. The number of aromatic amines is 1. The molecule has 6 heteroatoms. The molecule has 154 valence electrons. The van der Waals surface area contributed by atoms with Crippen molar-refractivity contribution in [3.63, 3.8) is 0 Å². The summed E-state index contributed by atoms with van der Waals surface area (Å²) in [7, 11) is 0. The fourth-order valence-corrected chi connectivity index (χ4v) is 5.45. The highest BCUT2D eigenvalue weighted by atomic mass is 19.1. The van der Waals surface area contributed by atoms with E-state index in [2.05, 4.69) is 22.1 Å². The summed E-state index contributed by atoms with van der Waals surface area (Å²) in [5, 5.41) is 10.4. The monoisotopic (exact) mass is 405 g/mol. The molecule has 3 heterocycles. The van der Waals surface area contributed by atoms with Gasteiger partial charge in [0, 0.05) is 28.6 Å². The summed E-state index contributed by atoms with van der Waals surface area (Å²) in [6.07, 6.45) is 6.44. The van der Waals surface area contributed by atoms with Crippen LogP contribution in [0, 0.1) is 11.2 Å². The maximum atomic E-state index is 14.3. The quantitative estimate of drug-likeness (QED) is 0.678. The zero-order chi connectivity index (χ0) is 20.7. The Morgan fingerprint density at radius 1 is 1.23 bits per heavy atom. The van der Waals surface area contributed by atoms with Gasteiger partial charge in [0.15, 0.2) is 0 Å². The number of carbonyl (C=O) groups excluding carboxylic acids is 1. The van der Waals surface area contributed by atoms with E-state index >= 15 is 0 Å². The number of fused-ring (bicyclic) bond motifs is 2. The van der Waals surface area contributed by atoms with Crippen LogP contribution in [0.1, 0.15) is 35.2 Å². The lowest BCUT2D eigenvalue weighted by atomic mass is 9.70. The number of aliphatic hydroxyl groups excluding tert-OH is 1. The van der Waals surface area contributed by atoms with E-state index in [1.807, 2.05) is 23.1 Å². The summed E-state index contributed by atoms with van der Waals surface area (Å²) in [6, 6.07) is 14.6. The molecule has 5 rings (SSSR count). The van der Waals surface area contributed by atoms with Gasteiger partial charge in [-0.3, -0.25) is 4.79 Å². The van der Waals surface area contributed by atoms with Crippen molar-refractivity contribution in [1.29, 1.82) is 0 Å². The van der Waals surface area contributed by atoms with Crippen LogP contribution in [-0.4, -0.2) is 44.6 Å². The van der Waals surface area contributed by atoms with Gasteiger partial charge in [-0.15, -0.1) is 0 Å². The molecular formula is C24H24FN3O2. The highest BCUT2D eigenvalue weighted by Crippen LogP contribution is 2.51. The van der Waals surface area contributed by atoms with Crippen molar-refractivity contribution in [2.24, 2.45) is 5.41 Å². The Bertz CT molecular complexity index is 1050. The zero-order valence-corrected chi connectivity index (χ0v) is 16.6. The molecule has 0 spiro atoms. The maximum absolute atomic E-state index is 14.3. The molecule has 2 N–H and O–H groups in total. The summed E-state index contributed by atoms with van der Waals surface area (Å²) in [5.74, 6) is -0.610. The normalized spacial score (nSPS) is 25.1. The number of nitrogens with zero attached hydrogens (tertiary/aromatic N) is 2. The molecule has 2 fully saturated rings. The lowest BCUT2D eigenvalue weighted by Gasteiger charge is -2.36. The number of halogens is 1. The number of carbonyl (C=O) groups is 1. The van der Waals surface area contributed by atoms with Gasteiger partial charge in [-0.2, -0.15) is 0 Å². The molecule has 0 saturated carbocycles. The number of hydrogen-bond donors (Lipinski definition) is 2. The minimum Gasteiger partial charge on any atom is -0.396 e. The Balaban J connectivity index is 1.46. The minimum atomic E-state index is -0.449. The van der Waals surface area contributed by atoms with Crippen LogP contribution in [0.4, 0.5) is 4.39 Å². The summed E-state index contributed by atoms with van der Waals surface area (Å²) >= 11 is 0. The second-order valence-electron chi connectivity index (χ2n) is 8.54. The van der Waals surface area contributed by atoms with Gasteiger partial charge in [-0.05, 0) is 49.4 Å². The van der Waals surface area contributed by atoms with Crippen LogP contribution in [0.15, 0.2) is 61.1 Å². The van der Waals surface area contributed by atoms with Crippen LogP contribution in [0.2, 0.25) is 0 Å². The third kappa shape index (κ3) is 3.12. The van der Waals surface area contributed by atoms with Gasteiger partial charge < -0.3 is 15.0 Å². The van der Waals surface area contributed by atoms with Crippen LogP contribution in [0.25, 0.3) is 11.3 Å². The lowest BCUT2D eigenvalue weighted by Crippen LogP contribution is -2.44. The van der Waals surface area contributed by atoms with Gasteiger partial charge in [0.25, 0.3) is 5.91 Å². The number of rotatable bonds is 5. The Hall–Kier alpha value is -2.99. The molecule has 2 aromatic carbocycles. The number of H-pyrrole nitrogens is 1. The van der Waals surface area contributed by atoms with Gasteiger partial charge in [0.2, 0.25) is 0 Å². The van der Waals surface area contributed by atoms with Crippen molar-refractivity contribution in [3.05, 3.63) is 78.0 Å². The second kappa shape index (κ2) is 7.36. The first-order chi connectivity index (χ1) is 14.6. The molecule has 2 bridgehead atoms. The third-order valence-corrected chi connectivity index (χ3v) is 6.75. The van der Waals surface area contributed by atoms with E-state index in [0.29, 0.717) is 16.8 Å². The fourth-order valence-electron chi connectivity index (χ4n) is 5.45. The number of amides is 1. The Kier molecular flexibility index (Phi) is 4.66. The largest absolute Gasteiger partial charge is 0.396 e. The molecule has 2 aliphatic heterocycles. The summed E-state index contributed by atoms with van der Waals surface area (Å²) in [6.45, 7) is 0.0371. The van der Waals surface area contributed by atoms with Crippen LogP contribution in [0.5, 0.6) is 0 Å². The van der Waals surface area contributed by atoms with Gasteiger partial charge in [0.05, 0.1) is 24.8 Å². The van der Waals surface area contributed by atoms with E-state index in [4.69, 9.17) is 0 Å². The molecule has 3 atom stereocenters. The molecule has 3 aromatic rings. The Morgan fingerprint density at radius 2 is 2.07 bits per heavy atom. The molecule has 1 aromatic heterocycles. The van der Waals surface area contributed by atoms with Gasteiger partial charge in [-0.25, -0.2) is 9.37 Å². The van der Waals surface area contributed by atoms with E-state index in [9.17, 15) is 14.3 Å². The SMILES string of the molecule is O=C(c1cc(F)cc(-c2cnc[nH]2)c1)N1[C@@H]2CC[C@H]1[C@](CO)(Cc1ccccc1)C2. The van der Waals surface area contributed by atoms with Crippen molar-refractivity contribution < 1.29 is 14.3 Å². The molecule has 5 nitrogen and oxygen atoms in total. The molecule has 0 aliphatic carbocycles. The van der Waals surface area contributed by atoms with Crippen LogP contribution < -0.4 is 0 Å². The third-order valence-electron chi connectivity index (χ3n) is 6.75. The van der Waals surface area contributed by atoms with Gasteiger partial charge in [0.1, 0.15) is 5.82 Å². The van der Waals surface area contributed by atoms with Gasteiger partial charge >= 0.3 is 0 Å². The Morgan fingerprint density at radius 3 is 2.80 bits per heavy atom. The average molecular weight is 405 g/mol. The summed E-state index contributed by atoms with van der Waals surface area (Å²) in [5.41, 5.74) is 2.42. The molecule has 0 radical (unpaired) electrons. The summed E-state index contributed by atoms with van der Waals surface area (Å²) in [4.78, 5) is 22.3. The predicted molar refractivity (Wildman–Crippen MR) is 111 cm³/mol. The van der Waals surface area contributed by atoms with E-state index in [0.717, 1.165) is 25.7 Å². The van der Waals surface area contributed by atoms with Crippen molar-refractivity contribution >= 4 is 5.91 Å². The number of imidazole rings is 1. The van der Waals surface area contributed by atoms with E-state index in [1.165, 1.54) is 24.0 Å². The zero-order valence-electron chi connectivity index (χ0n) is 16.6. The Labute approximate surface area is 174 Å². The lowest BCUT2D eigenvalue weighted by molar-refractivity contribution is 0.0571. The van der Waals surface area contributed by atoms with Crippen LogP contribution in [0.3, 0.4) is 0 Å². The topological polar surface area (TPSA) is 69.2 Å². The first kappa shape index (κ1) is 19.0. The highest BCUT2D eigenvalue weighted by Gasteiger charge is 2.57. The number of aliphatic hydroxyl groups is 1. The average Bonchev–Trinajstić information content (AvgIpc) is 3.49. The first-order valence-corrected chi connectivity index (χ1v) is 10.4. The van der Waals surface area contributed by atoms with Crippen molar-refractivity contribution in [1.82, 2.24) is 14.9 Å². The molecule has 1 amide bonds. The number of hydrogen-bond acceptors (Lipinski definition) is 3. The van der Waals surface area contributed by atoms with E-state index in [1.54, 1.807) is 12.3 Å². The molecular weight excluding hydrogens is 381 g/mol. The maximum Gasteiger partial charge on any atom is 0.254 e. The standard InChI is InChI=1S/C24H24FN3O2/c25-19-9-17(21-13-26-15-27-21)8-18(10-19)23(30)28-20-6-7-22(28)24(12-20,14-29)11-16-4-2-1-3-5-16/h1-5,8-10,13,15,20,22,29H,6-7,11-12,14H2,(H,26,27)/t20-,22+,24-/m1/s1.